The number of ether oxygens (including phenoxy) is 1. The monoisotopic (exact) mass is 267 g/mol. The second-order valence-corrected chi connectivity index (χ2v) is 4.31. The summed E-state index contributed by atoms with van der Waals surface area (Å²) in [6.45, 7) is 2.54. The summed E-state index contributed by atoms with van der Waals surface area (Å²) >= 11 is 0. The van der Waals surface area contributed by atoms with Crippen LogP contribution in [0.15, 0.2) is 0 Å². The van der Waals surface area contributed by atoms with Gasteiger partial charge in [-0.05, 0) is 6.92 Å². The van der Waals surface area contributed by atoms with Crippen LogP contribution in [0.25, 0.3) is 0 Å². The summed E-state index contributed by atoms with van der Waals surface area (Å²) < 4.78 is 6.34. The minimum absolute atomic E-state index is 0.0652. The zero-order valence-electron chi connectivity index (χ0n) is 11.0. The molecule has 0 saturated heterocycles. The van der Waals surface area contributed by atoms with Crippen LogP contribution in [0.2, 0.25) is 0 Å². The van der Waals surface area contributed by atoms with Crippen molar-refractivity contribution in [3.63, 3.8) is 0 Å². The van der Waals surface area contributed by atoms with E-state index >= 15 is 0 Å². The van der Waals surface area contributed by atoms with E-state index in [4.69, 9.17) is 9.84 Å². The molecule has 0 aromatic carbocycles. The maximum atomic E-state index is 12.0. The number of carbonyl (C=O) groups excluding carboxylic acids is 2. The predicted octanol–water partition coefficient (Wildman–Crippen LogP) is 0.0747. The maximum Gasteiger partial charge on any atom is 0.361 e. The van der Waals surface area contributed by atoms with Gasteiger partial charge in [-0.25, -0.2) is 4.79 Å². The first-order chi connectivity index (χ1) is 9.10. The number of rotatable bonds is 4. The fourth-order valence-electron chi connectivity index (χ4n) is 2.18. The van der Waals surface area contributed by atoms with Crippen LogP contribution in [-0.2, 0) is 11.3 Å². The number of anilines is 1. The number of aromatic nitrogens is 2. The Kier molecular flexibility index (Phi) is 3.84. The normalized spacial score (nSPS) is 14.5. The molecule has 1 aliphatic rings. The van der Waals surface area contributed by atoms with Crippen LogP contribution in [0.4, 0.5) is 5.69 Å². The van der Waals surface area contributed by atoms with Crippen LogP contribution in [0.3, 0.4) is 0 Å². The zero-order chi connectivity index (χ0) is 14.0. The summed E-state index contributed by atoms with van der Waals surface area (Å²) in [4.78, 5) is 25.7. The van der Waals surface area contributed by atoms with Gasteiger partial charge in [0.05, 0.1) is 19.8 Å². The van der Waals surface area contributed by atoms with Crippen molar-refractivity contribution >= 4 is 17.4 Å². The van der Waals surface area contributed by atoms with E-state index in [0.29, 0.717) is 24.3 Å². The Bertz CT molecular complexity index is 509. The molecule has 0 amide bonds. The number of aliphatic hydroxyl groups is 1. The molecule has 1 N–H and O–H groups in total. The summed E-state index contributed by atoms with van der Waals surface area (Å²) in [5, 5.41) is 13.1. The van der Waals surface area contributed by atoms with Crippen molar-refractivity contribution < 1.29 is 19.4 Å². The Hall–Kier alpha value is -1.89. The van der Waals surface area contributed by atoms with E-state index < -0.39 is 5.97 Å². The summed E-state index contributed by atoms with van der Waals surface area (Å²) in [5.74, 6) is -0.610. The molecule has 0 aliphatic carbocycles. The molecule has 104 valence electrons. The number of fused-ring (bicyclic) bond motifs is 1. The molecule has 0 atom stereocenters. The molecule has 0 unspecified atom stereocenters. The third-order valence-electron chi connectivity index (χ3n) is 3.03. The van der Waals surface area contributed by atoms with E-state index in [1.54, 1.807) is 14.0 Å². The van der Waals surface area contributed by atoms with Crippen LogP contribution in [0.1, 0.15) is 34.3 Å². The second-order valence-electron chi connectivity index (χ2n) is 4.31. The lowest BCUT2D eigenvalue weighted by Crippen LogP contribution is -2.30. The van der Waals surface area contributed by atoms with Gasteiger partial charge in [0.15, 0.2) is 11.5 Å². The number of Topliss-reactive ketones (excluding diaryl/α,β-unsaturated/α-hetero) is 1. The summed E-state index contributed by atoms with van der Waals surface area (Å²) in [7, 11) is 1.80. The Labute approximate surface area is 110 Å². The molecule has 2 heterocycles. The van der Waals surface area contributed by atoms with Gasteiger partial charge in [-0.3, -0.25) is 9.48 Å². The van der Waals surface area contributed by atoms with Crippen LogP contribution in [0.5, 0.6) is 0 Å². The largest absolute Gasteiger partial charge is 0.461 e. The van der Waals surface area contributed by atoms with Gasteiger partial charge >= 0.3 is 5.97 Å². The molecule has 0 spiro atoms. The molecular formula is C12H17N3O4. The molecule has 7 nitrogen and oxygen atoms in total. The fraction of sp³-hybridized carbons (Fsp3) is 0.583. The second kappa shape index (κ2) is 5.40. The molecule has 1 aliphatic heterocycles. The van der Waals surface area contributed by atoms with E-state index in [1.807, 2.05) is 4.90 Å². The van der Waals surface area contributed by atoms with Gasteiger partial charge in [-0.15, -0.1) is 0 Å². The highest BCUT2D eigenvalue weighted by Gasteiger charge is 2.33. The highest BCUT2D eigenvalue weighted by molar-refractivity contribution is 6.07. The lowest BCUT2D eigenvalue weighted by molar-refractivity contribution is 0.0518. The van der Waals surface area contributed by atoms with E-state index in [9.17, 15) is 9.59 Å². The molecule has 0 fully saturated rings. The molecule has 2 rings (SSSR count). The average molecular weight is 267 g/mol. The topological polar surface area (TPSA) is 84.7 Å². The molecule has 0 bridgehead atoms. The number of carbonyl (C=O) groups is 2. The van der Waals surface area contributed by atoms with Crippen LogP contribution in [0, 0.1) is 0 Å². The van der Waals surface area contributed by atoms with E-state index in [1.165, 1.54) is 4.68 Å². The van der Waals surface area contributed by atoms with Gasteiger partial charge < -0.3 is 14.7 Å². The highest BCUT2D eigenvalue weighted by atomic mass is 16.5. The fourth-order valence-corrected chi connectivity index (χ4v) is 2.18. The van der Waals surface area contributed by atoms with Gasteiger partial charge in [0.25, 0.3) is 0 Å². The Balaban J connectivity index is 2.53. The van der Waals surface area contributed by atoms with Crippen molar-refractivity contribution in [2.45, 2.75) is 19.9 Å². The average Bonchev–Trinajstić information content (AvgIpc) is 2.76. The Morgan fingerprint density at radius 2 is 2.26 bits per heavy atom. The third kappa shape index (κ3) is 2.33. The first-order valence-electron chi connectivity index (χ1n) is 6.23. The highest BCUT2D eigenvalue weighted by Crippen LogP contribution is 2.30. The van der Waals surface area contributed by atoms with E-state index in [0.717, 1.165) is 0 Å². The quantitative estimate of drug-likeness (QED) is 0.777. The molecular weight excluding hydrogens is 250 g/mol. The molecule has 0 saturated carbocycles. The summed E-state index contributed by atoms with van der Waals surface area (Å²) in [5.41, 5.74) is 1.02. The molecule has 1 aromatic rings. The van der Waals surface area contributed by atoms with Crippen LogP contribution in [-0.4, -0.2) is 53.4 Å². The lowest BCUT2D eigenvalue weighted by atomic mass is 10.1. The van der Waals surface area contributed by atoms with Crippen LogP contribution < -0.4 is 4.90 Å². The van der Waals surface area contributed by atoms with Crippen molar-refractivity contribution in [1.82, 2.24) is 9.78 Å². The van der Waals surface area contributed by atoms with Gasteiger partial charge in [0.2, 0.25) is 0 Å². The number of ketones is 1. The van der Waals surface area contributed by atoms with Crippen molar-refractivity contribution in [2.24, 2.45) is 0 Å². The summed E-state index contributed by atoms with van der Waals surface area (Å²) in [6.07, 6.45) is 0.378. The van der Waals surface area contributed by atoms with E-state index in [2.05, 4.69) is 5.10 Å². The minimum atomic E-state index is -0.544. The van der Waals surface area contributed by atoms with Gasteiger partial charge in [-0.1, -0.05) is 0 Å². The van der Waals surface area contributed by atoms with Crippen molar-refractivity contribution in [3.8, 4) is 0 Å². The number of hydrogen-bond donors (Lipinski definition) is 1. The standard InChI is InChI=1S/C12H17N3O4/c1-3-19-12(18)9-11-10(15(13-9)6-7-16)8(17)4-5-14(11)2/h16H,3-7H2,1-2H3. The number of aliphatic hydroxyl groups excluding tert-OH is 1. The predicted molar refractivity (Wildman–Crippen MR) is 67.5 cm³/mol. The van der Waals surface area contributed by atoms with Gasteiger partial charge in [-0.2, -0.15) is 5.10 Å². The number of nitrogens with zero attached hydrogens (tertiary/aromatic N) is 3. The molecule has 1 aromatic heterocycles. The SMILES string of the molecule is CCOC(=O)c1nn(CCO)c2c1N(C)CCC2=O. The van der Waals surface area contributed by atoms with Gasteiger partial charge in [0, 0.05) is 20.0 Å². The Morgan fingerprint density at radius 1 is 1.53 bits per heavy atom. The summed E-state index contributed by atoms with van der Waals surface area (Å²) in [6, 6.07) is 0. The van der Waals surface area contributed by atoms with E-state index in [-0.39, 0.29) is 31.2 Å². The molecule has 19 heavy (non-hydrogen) atoms. The van der Waals surface area contributed by atoms with Crippen LogP contribution >= 0.6 is 0 Å². The van der Waals surface area contributed by atoms with Crippen molar-refractivity contribution in [2.75, 3.05) is 31.7 Å². The first kappa shape index (κ1) is 13.5. The molecule has 7 heteroatoms. The van der Waals surface area contributed by atoms with Crippen molar-refractivity contribution in [1.29, 1.82) is 0 Å². The lowest BCUT2D eigenvalue weighted by Gasteiger charge is -2.24. The van der Waals surface area contributed by atoms with Crippen molar-refractivity contribution in [3.05, 3.63) is 11.4 Å². The minimum Gasteiger partial charge on any atom is -0.461 e. The smallest absolute Gasteiger partial charge is 0.361 e. The first-order valence-corrected chi connectivity index (χ1v) is 6.23. The number of hydrogen-bond acceptors (Lipinski definition) is 6. The molecule has 0 radical (unpaired) electrons. The Morgan fingerprint density at radius 3 is 2.89 bits per heavy atom. The van der Waals surface area contributed by atoms with Gasteiger partial charge in [0.1, 0.15) is 11.4 Å². The third-order valence-corrected chi connectivity index (χ3v) is 3.03. The number of esters is 1. The zero-order valence-corrected chi connectivity index (χ0v) is 11.0. The maximum absolute atomic E-state index is 12.0.